The topological polar surface area (TPSA) is 35.5 Å². The van der Waals surface area contributed by atoms with E-state index in [4.69, 9.17) is 0 Å². The van der Waals surface area contributed by atoms with Crippen LogP contribution in [0, 0.1) is 5.82 Å². The summed E-state index contributed by atoms with van der Waals surface area (Å²) < 4.78 is 70.3. The monoisotopic (exact) mass is 270 g/mol. The van der Waals surface area contributed by atoms with Crippen LogP contribution < -0.4 is 4.74 Å². The molecule has 0 saturated heterocycles. The van der Waals surface area contributed by atoms with E-state index in [0.717, 1.165) is 25.3 Å². The fourth-order valence-corrected chi connectivity index (χ4v) is 1.08. The first-order chi connectivity index (χ1) is 8.29. The summed E-state index contributed by atoms with van der Waals surface area (Å²) in [5, 5.41) is 0. The predicted octanol–water partition coefficient (Wildman–Crippen LogP) is 2.85. The second-order valence-corrected chi connectivity index (χ2v) is 3.07. The first-order valence-electron chi connectivity index (χ1n) is 4.51. The van der Waals surface area contributed by atoms with Gasteiger partial charge in [0.1, 0.15) is 17.1 Å². The van der Waals surface area contributed by atoms with Crippen LogP contribution in [0.15, 0.2) is 18.2 Å². The van der Waals surface area contributed by atoms with Crippen molar-refractivity contribution in [3.05, 3.63) is 29.6 Å². The van der Waals surface area contributed by atoms with Gasteiger partial charge in [-0.15, -0.1) is 0 Å². The Morgan fingerprint density at radius 3 is 2.44 bits per heavy atom. The Morgan fingerprint density at radius 2 is 1.94 bits per heavy atom. The van der Waals surface area contributed by atoms with Crippen molar-refractivity contribution < 1.29 is 36.2 Å². The largest absolute Gasteiger partial charge is 0.465 e. The Bertz CT molecular complexity index is 447. The maximum Gasteiger partial charge on any atom is 0.461 e. The SMILES string of the molecule is COC(=O)c1c(F)cccc1OC(F)(F)C(F)F. The molecule has 1 aromatic rings. The van der Waals surface area contributed by atoms with E-state index in [0.29, 0.717) is 0 Å². The van der Waals surface area contributed by atoms with Crippen molar-refractivity contribution in [2.24, 2.45) is 0 Å². The molecule has 0 atom stereocenters. The van der Waals surface area contributed by atoms with Gasteiger partial charge in [-0.2, -0.15) is 17.6 Å². The number of hydrogen-bond donors (Lipinski definition) is 0. The molecule has 100 valence electrons. The molecule has 1 rings (SSSR count). The lowest BCUT2D eigenvalue weighted by molar-refractivity contribution is -0.253. The molecular weight excluding hydrogens is 263 g/mol. The molecule has 0 N–H and O–H groups in total. The zero-order valence-corrected chi connectivity index (χ0v) is 8.92. The highest BCUT2D eigenvalue weighted by atomic mass is 19.3. The van der Waals surface area contributed by atoms with E-state index in [2.05, 4.69) is 9.47 Å². The van der Waals surface area contributed by atoms with Crippen LogP contribution in [0.4, 0.5) is 22.0 Å². The molecule has 0 aliphatic heterocycles. The average molecular weight is 270 g/mol. The summed E-state index contributed by atoms with van der Waals surface area (Å²) in [5.41, 5.74) is -0.972. The zero-order chi connectivity index (χ0) is 13.9. The summed E-state index contributed by atoms with van der Waals surface area (Å²) >= 11 is 0. The zero-order valence-electron chi connectivity index (χ0n) is 8.92. The number of hydrogen-bond acceptors (Lipinski definition) is 3. The standard InChI is InChI=1S/C10H7F5O3/c1-17-8(16)7-5(11)3-2-4-6(7)18-10(14,15)9(12)13/h2-4,9H,1H3. The van der Waals surface area contributed by atoms with Gasteiger partial charge < -0.3 is 9.47 Å². The molecule has 0 spiro atoms. The molecule has 0 fully saturated rings. The smallest absolute Gasteiger partial charge is 0.461 e. The fraction of sp³-hybridized carbons (Fsp3) is 0.300. The van der Waals surface area contributed by atoms with Gasteiger partial charge in [-0.3, -0.25) is 0 Å². The van der Waals surface area contributed by atoms with Crippen molar-refractivity contribution in [1.82, 2.24) is 0 Å². The molecule has 0 radical (unpaired) electrons. The van der Waals surface area contributed by atoms with Crippen LogP contribution in [0.3, 0.4) is 0 Å². The van der Waals surface area contributed by atoms with Crippen molar-refractivity contribution >= 4 is 5.97 Å². The molecule has 3 nitrogen and oxygen atoms in total. The molecule has 0 heterocycles. The lowest BCUT2D eigenvalue weighted by atomic mass is 10.2. The second-order valence-electron chi connectivity index (χ2n) is 3.07. The van der Waals surface area contributed by atoms with Gasteiger partial charge >= 0.3 is 18.5 Å². The lowest BCUT2D eigenvalue weighted by Gasteiger charge is -2.18. The van der Waals surface area contributed by atoms with E-state index >= 15 is 0 Å². The number of halogens is 5. The van der Waals surface area contributed by atoms with Gasteiger partial charge in [-0.1, -0.05) is 6.07 Å². The van der Waals surface area contributed by atoms with Crippen LogP contribution in [0.1, 0.15) is 10.4 Å². The third-order valence-corrected chi connectivity index (χ3v) is 1.86. The summed E-state index contributed by atoms with van der Waals surface area (Å²) in [6.07, 6.45) is -8.96. The van der Waals surface area contributed by atoms with Crippen LogP contribution in [0.25, 0.3) is 0 Å². The van der Waals surface area contributed by atoms with Crippen molar-refractivity contribution in [2.45, 2.75) is 12.5 Å². The highest BCUT2D eigenvalue weighted by molar-refractivity contribution is 5.92. The van der Waals surface area contributed by atoms with Gasteiger partial charge in [-0.05, 0) is 12.1 Å². The number of ether oxygens (including phenoxy) is 2. The third-order valence-electron chi connectivity index (χ3n) is 1.86. The van der Waals surface area contributed by atoms with E-state index < -0.39 is 35.6 Å². The van der Waals surface area contributed by atoms with Crippen LogP contribution in [0.2, 0.25) is 0 Å². The number of esters is 1. The van der Waals surface area contributed by atoms with E-state index in [-0.39, 0.29) is 0 Å². The van der Waals surface area contributed by atoms with Gasteiger partial charge in [-0.25, -0.2) is 9.18 Å². The van der Waals surface area contributed by atoms with Crippen LogP contribution in [0.5, 0.6) is 5.75 Å². The van der Waals surface area contributed by atoms with Crippen molar-refractivity contribution in [2.75, 3.05) is 7.11 Å². The number of methoxy groups -OCH3 is 1. The average Bonchev–Trinajstić information content (AvgIpc) is 2.27. The van der Waals surface area contributed by atoms with Gasteiger partial charge in [0.2, 0.25) is 0 Å². The first kappa shape index (κ1) is 14.2. The summed E-state index contributed by atoms with van der Waals surface area (Å²) in [5.74, 6) is -3.55. The number of carbonyl (C=O) groups excluding carboxylic acids is 1. The molecule has 18 heavy (non-hydrogen) atoms. The maximum atomic E-state index is 13.3. The molecule has 0 bridgehead atoms. The molecule has 0 unspecified atom stereocenters. The summed E-state index contributed by atoms with van der Waals surface area (Å²) in [6.45, 7) is 0. The van der Waals surface area contributed by atoms with Gasteiger partial charge in [0.05, 0.1) is 7.11 Å². The van der Waals surface area contributed by atoms with Gasteiger partial charge in [0.25, 0.3) is 0 Å². The molecular formula is C10H7F5O3. The molecule has 0 saturated carbocycles. The highest BCUT2D eigenvalue weighted by Gasteiger charge is 2.45. The van der Waals surface area contributed by atoms with Crippen LogP contribution >= 0.6 is 0 Å². The number of rotatable bonds is 4. The van der Waals surface area contributed by atoms with Crippen LogP contribution in [-0.4, -0.2) is 25.6 Å². The van der Waals surface area contributed by atoms with Crippen molar-refractivity contribution in [3.8, 4) is 5.75 Å². The molecule has 0 aromatic heterocycles. The lowest BCUT2D eigenvalue weighted by Crippen LogP contribution is -2.34. The molecule has 0 aliphatic carbocycles. The van der Waals surface area contributed by atoms with Gasteiger partial charge in [0, 0.05) is 0 Å². The number of benzene rings is 1. The quantitative estimate of drug-likeness (QED) is 0.623. The molecule has 0 amide bonds. The minimum Gasteiger partial charge on any atom is -0.465 e. The molecule has 8 heteroatoms. The Balaban J connectivity index is 3.17. The minimum atomic E-state index is -4.84. The third kappa shape index (κ3) is 2.88. The van der Waals surface area contributed by atoms with Crippen molar-refractivity contribution in [1.29, 1.82) is 0 Å². The normalized spacial score (nSPS) is 11.5. The Labute approximate surface area is 98.1 Å². The highest BCUT2D eigenvalue weighted by Crippen LogP contribution is 2.31. The Morgan fingerprint density at radius 1 is 1.33 bits per heavy atom. The summed E-state index contributed by atoms with van der Waals surface area (Å²) in [4.78, 5) is 11.1. The summed E-state index contributed by atoms with van der Waals surface area (Å²) in [7, 11) is 0.879. The number of alkyl halides is 4. The van der Waals surface area contributed by atoms with E-state index in [1.807, 2.05) is 0 Å². The van der Waals surface area contributed by atoms with E-state index in [1.165, 1.54) is 0 Å². The van der Waals surface area contributed by atoms with Gasteiger partial charge in [0.15, 0.2) is 0 Å². The van der Waals surface area contributed by atoms with E-state index in [9.17, 15) is 26.7 Å². The Kier molecular flexibility index (Phi) is 4.10. The Hall–Kier alpha value is -1.86. The fourth-order valence-electron chi connectivity index (χ4n) is 1.08. The second kappa shape index (κ2) is 5.19. The molecule has 0 aliphatic rings. The number of carbonyl (C=O) groups is 1. The maximum absolute atomic E-state index is 13.3. The van der Waals surface area contributed by atoms with E-state index in [1.54, 1.807) is 0 Å². The summed E-state index contributed by atoms with van der Waals surface area (Å²) in [6, 6.07) is 2.46. The predicted molar refractivity (Wildman–Crippen MR) is 49.3 cm³/mol. The van der Waals surface area contributed by atoms with Crippen molar-refractivity contribution in [3.63, 3.8) is 0 Å². The first-order valence-corrected chi connectivity index (χ1v) is 4.51. The minimum absolute atomic E-state index is 0.756. The van der Waals surface area contributed by atoms with Crippen LogP contribution in [-0.2, 0) is 4.74 Å². The molecule has 1 aromatic carbocycles.